The highest BCUT2D eigenvalue weighted by Crippen LogP contribution is 2.28. The lowest BCUT2D eigenvalue weighted by Gasteiger charge is -2.14. The monoisotopic (exact) mass is 388 g/mol. The molecular weight excluding hydrogens is 363 g/mol. The zero-order chi connectivity index (χ0) is 18.7. The van der Waals surface area contributed by atoms with Gasteiger partial charge < -0.3 is 9.47 Å². The van der Waals surface area contributed by atoms with E-state index in [9.17, 15) is 9.59 Å². The van der Waals surface area contributed by atoms with E-state index in [1.807, 2.05) is 0 Å². The van der Waals surface area contributed by atoms with Gasteiger partial charge in [0.2, 0.25) is 0 Å². The Balaban J connectivity index is 2.26. The molecule has 4 nitrogen and oxygen atoms in total. The first-order valence-electron chi connectivity index (χ1n) is 8.77. The number of benzene rings is 1. The van der Waals surface area contributed by atoms with Gasteiger partial charge in [-0.3, -0.25) is 9.59 Å². The summed E-state index contributed by atoms with van der Waals surface area (Å²) >= 11 is 11.8. The maximum Gasteiger partial charge on any atom is 0.311 e. The summed E-state index contributed by atoms with van der Waals surface area (Å²) < 4.78 is 10.5. The fraction of sp³-hybridized carbons (Fsp3) is 0.579. The predicted molar refractivity (Wildman–Crippen MR) is 100 cm³/mol. The Morgan fingerprint density at radius 3 is 2.48 bits per heavy atom. The van der Waals surface area contributed by atoms with Crippen molar-refractivity contribution < 1.29 is 19.1 Å². The molecule has 0 bridgehead atoms. The molecule has 1 atom stereocenters. The first-order valence-corrected chi connectivity index (χ1v) is 9.53. The van der Waals surface area contributed by atoms with Gasteiger partial charge in [-0.25, -0.2) is 0 Å². The molecule has 6 heteroatoms. The van der Waals surface area contributed by atoms with Crippen LogP contribution in [0.3, 0.4) is 0 Å². The van der Waals surface area contributed by atoms with Crippen molar-refractivity contribution in [2.45, 2.75) is 58.8 Å². The zero-order valence-corrected chi connectivity index (χ0v) is 16.4. The van der Waals surface area contributed by atoms with Gasteiger partial charge in [0, 0.05) is 23.9 Å². The Hall–Kier alpha value is -1.26. The van der Waals surface area contributed by atoms with Crippen molar-refractivity contribution in [3.05, 3.63) is 28.2 Å². The van der Waals surface area contributed by atoms with Crippen molar-refractivity contribution in [2.24, 2.45) is 5.92 Å². The summed E-state index contributed by atoms with van der Waals surface area (Å²) in [5.74, 6) is -0.0859. The predicted octanol–water partition coefficient (Wildman–Crippen LogP) is 5.83. The number of carbonyl (C=O) groups excluding carboxylic acids is 2. The van der Waals surface area contributed by atoms with Crippen LogP contribution < -0.4 is 4.74 Å². The summed E-state index contributed by atoms with van der Waals surface area (Å²) in [6.07, 6.45) is 5.05. The summed E-state index contributed by atoms with van der Waals surface area (Å²) in [6.45, 7) is 4.71. The van der Waals surface area contributed by atoms with Crippen molar-refractivity contribution in [1.29, 1.82) is 0 Å². The third-order valence-electron chi connectivity index (χ3n) is 3.90. The molecule has 0 heterocycles. The Kier molecular flexibility index (Phi) is 10.6. The molecule has 1 unspecified atom stereocenters. The number of hydrogen-bond acceptors (Lipinski definition) is 4. The number of unbranched alkanes of at least 4 members (excludes halogenated alkanes) is 1. The number of carbonyl (C=O) groups is 2. The third-order valence-corrected chi connectivity index (χ3v) is 4.45. The van der Waals surface area contributed by atoms with Gasteiger partial charge >= 0.3 is 11.9 Å². The largest absolute Gasteiger partial charge is 0.465 e. The molecule has 1 aromatic rings. The number of hydrogen-bond donors (Lipinski definition) is 0. The van der Waals surface area contributed by atoms with Crippen LogP contribution in [0.5, 0.6) is 5.75 Å². The maximum absolute atomic E-state index is 11.8. The van der Waals surface area contributed by atoms with Gasteiger partial charge in [0.25, 0.3) is 0 Å². The molecule has 1 aromatic carbocycles. The van der Waals surface area contributed by atoms with E-state index in [2.05, 4.69) is 13.8 Å². The second-order valence-corrected chi connectivity index (χ2v) is 6.85. The quantitative estimate of drug-likeness (QED) is 0.353. The molecule has 0 aliphatic heterocycles. The molecule has 0 saturated heterocycles. The van der Waals surface area contributed by atoms with Crippen molar-refractivity contribution in [1.82, 2.24) is 0 Å². The summed E-state index contributed by atoms with van der Waals surface area (Å²) in [7, 11) is 0. The van der Waals surface area contributed by atoms with E-state index in [0.717, 1.165) is 25.7 Å². The molecule has 140 valence electrons. The normalized spacial score (nSPS) is 11.8. The molecule has 0 N–H and O–H groups in total. The van der Waals surface area contributed by atoms with E-state index in [0.29, 0.717) is 29.0 Å². The average Bonchev–Trinajstić information content (AvgIpc) is 2.58. The maximum atomic E-state index is 11.8. The van der Waals surface area contributed by atoms with Crippen LogP contribution in [0.4, 0.5) is 0 Å². The Bertz CT molecular complexity index is 560. The molecule has 0 aliphatic carbocycles. The Morgan fingerprint density at radius 1 is 1.08 bits per heavy atom. The first-order chi connectivity index (χ1) is 12.0. The summed E-state index contributed by atoms with van der Waals surface area (Å²) in [5.41, 5.74) is 0. The van der Waals surface area contributed by atoms with Crippen molar-refractivity contribution in [3.63, 3.8) is 0 Å². The standard InChI is InChI=1S/C19H26Cl2O4/c1-3-5-7-14(4-2)13-24-18(22)8-6-9-19(23)25-17-12-15(20)10-11-16(17)21/h10-12,14H,3-9,13H2,1-2H3. The second-order valence-electron chi connectivity index (χ2n) is 6.00. The SMILES string of the molecule is CCCCC(CC)COC(=O)CCCC(=O)Oc1cc(Cl)ccc1Cl. The van der Waals surface area contributed by atoms with E-state index in [-0.39, 0.29) is 24.6 Å². The van der Waals surface area contributed by atoms with E-state index in [1.165, 1.54) is 6.07 Å². The highest BCUT2D eigenvalue weighted by Gasteiger charge is 2.13. The second kappa shape index (κ2) is 12.2. The molecule has 0 fully saturated rings. The first kappa shape index (κ1) is 21.8. The number of ether oxygens (including phenoxy) is 2. The minimum Gasteiger partial charge on any atom is -0.465 e. The minimum atomic E-state index is -0.452. The average molecular weight is 389 g/mol. The lowest BCUT2D eigenvalue weighted by Crippen LogP contribution is -2.14. The van der Waals surface area contributed by atoms with Crippen LogP contribution in [0.15, 0.2) is 18.2 Å². The zero-order valence-electron chi connectivity index (χ0n) is 14.9. The van der Waals surface area contributed by atoms with Gasteiger partial charge in [-0.1, -0.05) is 56.3 Å². The Morgan fingerprint density at radius 2 is 1.80 bits per heavy atom. The topological polar surface area (TPSA) is 52.6 Å². The van der Waals surface area contributed by atoms with E-state index in [1.54, 1.807) is 12.1 Å². The number of rotatable bonds is 11. The molecule has 0 aromatic heterocycles. The van der Waals surface area contributed by atoms with Gasteiger partial charge in [0.1, 0.15) is 0 Å². The minimum absolute atomic E-state index is 0.116. The summed E-state index contributed by atoms with van der Waals surface area (Å²) in [4.78, 5) is 23.6. The highest BCUT2D eigenvalue weighted by molar-refractivity contribution is 6.34. The van der Waals surface area contributed by atoms with Crippen molar-refractivity contribution >= 4 is 35.1 Å². The highest BCUT2D eigenvalue weighted by atomic mass is 35.5. The van der Waals surface area contributed by atoms with Gasteiger partial charge in [0.15, 0.2) is 5.75 Å². The van der Waals surface area contributed by atoms with Crippen LogP contribution in [0.1, 0.15) is 58.8 Å². The number of esters is 2. The molecule has 0 radical (unpaired) electrons. The summed E-state index contributed by atoms with van der Waals surface area (Å²) in [5, 5.41) is 0.749. The summed E-state index contributed by atoms with van der Waals surface area (Å²) in [6, 6.07) is 4.66. The fourth-order valence-corrected chi connectivity index (χ4v) is 2.61. The van der Waals surface area contributed by atoms with Crippen LogP contribution in [0, 0.1) is 5.92 Å². The number of halogens is 2. The molecule has 0 aliphatic rings. The van der Waals surface area contributed by atoms with Crippen molar-refractivity contribution in [2.75, 3.05) is 6.61 Å². The van der Waals surface area contributed by atoms with Crippen LogP contribution in [-0.4, -0.2) is 18.5 Å². The van der Waals surface area contributed by atoms with Gasteiger partial charge in [-0.05, 0) is 30.9 Å². The molecule has 1 rings (SSSR count). The molecule has 25 heavy (non-hydrogen) atoms. The van der Waals surface area contributed by atoms with Crippen LogP contribution >= 0.6 is 23.2 Å². The Labute approximate surface area is 159 Å². The fourth-order valence-electron chi connectivity index (χ4n) is 2.29. The van der Waals surface area contributed by atoms with Gasteiger partial charge in [-0.15, -0.1) is 0 Å². The van der Waals surface area contributed by atoms with Crippen molar-refractivity contribution in [3.8, 4) is 5.75 Å². The van der Waals surface area contributed by atoms with Gasteiger partial charge in [-0.2, -0.15) is 0 Å². The lowest BCUT2D eigenvalue weighted by atomic mass is 10.0. The van der Waals surface area contributed by atoms with Crippen LogP contribution in [0.25, 0.3) is 0 Å². The van der Waals surface area contributed by atoms with Crippen LogP contribution in [0.2, 0.25) is 10.0 Å². The lowest BCUT2D eigenvalue weighted by molar-refractivity contribution is -0.145. The molecule has 0 amide bonds. The van der Waals surface area contributed by atoms with E-state index in [4.69, 9.17) is 32.7 Å². The van der Waals surface area contributed by atoms with E-state index < -0.39 is 5.97 Å². The molecular formula is C19H26Cl2O4. The molecule has 0 saturated carbocycles. The van der Waals surface area contributed by atoms with Gasteiger partial charge in [0.05, 0.1) is 11.6 Å². The molecule has 0 spiro atoms. The third kappa shape index (κ3) is 9.13. The van der Waals surface area contributed by atoms with Crippen LogP contribution in [-0.2, 0) is 14.3 Å². The smallest absolute Gasteiger partial charge is 0.311 e. The van der Waals surface area contributed by atoms with E-state index >= 15 is 0 Å².